The Balaban J connectivity index is 1.69. The van der Waals surface area contributed by atoms with Gasteiger partial charge in [0.2, 0.25) is 0 Å². The monoisotopic (exact) mass is 350 g/mol. The number of benzene rings is 1. The minimum atomic E-state index is -0.0151. The average molecular weight is 351 g/mol. The molecule has 0 fully saturated rings. The van der Waals surface area contributed by atoms with Crippen molar-refractivity contribution in [1.29, 1.82) is 0 Å². The van der Waals surface area contributed by atoms with Gasteiger partial charge >= 0.3 is 0 Å². The van der Waals surface area contributed by atoms with Crippen LogP contribution in [0.2, 0.25) is 0 Å². The van der Waals surface area contributed by atoms with Gasteiger partial charge in [-0.05, 0) is 64.0 Å². The highest BCUT2D eigenvalue weighted by Gasteiger charge is 2.12. The number of rotatable bonds is 3. The molecule has 1 aromatic carbocycles. The molecule has 104 valence electrons. The first-order valence-corrected chi connectivity index (χ1v) is 8.28. The molecule has 1 aromatic heterocycles. The van der Waals surface area contributed by atoms with E-state index in [-0.39, 0.29) is 5.91 Å². The van der Waals surface area contributed by atoms with Crippen molar-refractivity contribution in [3.63, 3.8) is 0 Å². The van der Waals surface area contributed by atoms with Gasteiger partial charge in [0.1, 0.15) is 0 Å². The zero-order chi connectivity index (χ0) is 13.9. The van der Waals surface area contributed by atoms with Gasteiger partial charge in [-0.3, -0.25) is 4.79 Å². The van der Waals surface area contributed by atoms with Crippen LogP contribution in [0.15, 0.2) is 34.1 Å². The second-order valence-electron chi connectivity index (χ2n) is 4.78. The van der Waals surface area contributed by atoms with Crippen LogP contribution in [0.3, 0.4) is 0 Å². The molecule has 2 heterocycles. The Labute approximate surface area is 130 Å². The van der Waals surface area contributed by atoms with Crippen LogP contribution in [0.1, 0.15) is 27.2 Å². The van der Waals surface area contributed by atoms with E-state index in [0.29, 0.717) is 6.54 Å². The van der Waals surface area contributed by atoms with Crippen molar-refractivity contribution in [2.45, 2.75) is 19.4 Å². The van der Waals surface area contributed by atoms with Gasteiger partial charge in [0.05, 0.1) is 6.54 Å². The maximum absolute atomic E-state index is 12.2. The summed E-state index contributed by atoms with van der Waals surface area (Å²) in [5.74, 6) is -0.0151. The topological polar surface area (TPSA) is 41.1 Å². The van der Waals surface area contributed by atoms with Crippen molar-refractivity contribution >= 4 is 38.9 Å². The van der Waals surface area contributed by atoms with Crippen LogP contribution < -0.4 is 10.6 Å². The molecule has 5 heteroatoms. The highest BCUT2D eigenvalue weighted by atomic mass is 79.9. The molecule has 0 saturated carbocycles. The van der Waals surface area contributed by atoms with Crippen LogP contribution in [0.5, 0.6) is 0 Å². The molecule has 1 amide bonds. The number of aryl methyl sites for hydroxylation is 1. The summed E-state index contributed by atoms with van der Waals surface area (Å²) in [6.45, 7) is 1.58. The van der Waals surface area contributed by atoms with Crippen molar-refractivity contribution in [3.05, 3.63) is 50.1 Å². The molecule has 0 aliphatic carbocycles. The van der Waals surface area contributed by atoms with Gasteiger partial charge in [-0.15, -0.1) is 11.3 Å². The first-order valence-electron chi connectivity index (χ1n) is 6.61. The SMILES string of the molecule is O=C(NCc1sccc1Br)c1ccc2c(c1)CCCN2. The maximum atomic E-state index is 12.2. The van der Waals surface area contributed by atoms with Crippen molar-refractivity contribution in [3.8, 4) is 0 Å². The molecular formula is C15H15BrN2OS. The Hall–Kier alpha value is -1.33. The molecule has 0 radical (unpaired) electrons. The predicted molar refractivity (Wildman–Crippen MR) is 86.4 cm³/mol. The Kier molecular flexibility index (Phi) is 4.08. The van der Waals surface area contributed by atoms with E-state index >= 15 is 0 Å². The molecule has 1 aliphatic heterocycles. The fourth-order valence-corrected chi connectivity index (χ4v) is 3.76. The third kappa shape index (κ3) is 2.88. The smallest absolute Gasteiger partial charge is 0.251 e. The fourth-order valence-electron chi connectivity index (χ4n) is 2.33. The van der Waals surface area contributed by atoms with Crippen LogP contribution in [0.4, 0.5) is 5.69 Å². The summed E-state index contributed by atoms with van der Waals surface area (Å²) < 4.78 is 1.05. The predicted octanol–water partition coefficient (Wildman–Crippen LogP) is 3.80. The van der Waals surface area contributed by atoms with Gasteiger partial charge < -0.3 is 10.6 Å². The van der Waals surface area contributed by atoms with E-state index in [9.17, 15) is 4.79 Å². The number of amides is 1. The van der Waals surface area contributed by atoms with E-state index in [4.69, 9.17) is 0 Å². The number of carbonyl (C=O) groups is 1. The molecule has 2 aromatic rings. The lowest BCUT2D eigenvalue weighted by molar-refractivity contribution is 0.0951. The Morgan fingerprint density at radius 2 is 2.30 bits per heavy atom. The summed E-state index contributed by atoms with van der Waals surface area (Å²) in [4.78, 5) is 13.3. The third-order valence-electron chi connectivity index (χ3n) is 3.41. The first kappa shape index (κ1) is 13.6. The number of hydrogen-bond acceptors (Lipinski definition) is 3. The summed E-state index contributed by atoms with van der Waals surface area (Å²) in [6, 6.07) is 7.89. The Bertz CT molecular complexity index is 639. The van der Waals surface area contributed by atoms with E-state index in [0.717, 1.165) is 40.0 Å². The molecule has 0 atom stereocenters. The van der Waals surface area contributed by atoms with Gasteiger partial charge in [-0.25, -0.2) is 0 Å². The number of fused-ring (bicyclic) bond motifs is 1. The lowest BCUT2D eigenvalue weighted by atomic mass is 10.0. The maximum Gasteiger partial charge on any atom is 0.251 e. The van der Waals surface area contributed by atoms with Crippen molar-refractivity contribution in [2.24, 2.45) is 0 Å². The average Bonchev–Trinajstić information content (AvgIpc) is 2.89. The van der Waals surface area contributed by atoms with Crippen LogP contribution in [0, 0.1) is 0 Å². The molecule has 2 N–H and O–H groups in total. The number of halogens is 1. The second kappa shape index (κ2) is 5.97. The van der Waals surface area contributed by atoms with Crippen molar-refractivity contribution in [2.75, 3.05) is 11.9 Å². The van der Waals surface area contributed by atoms with E-state index in [2.05, 4.69) is 26.6 Å². The largest absolute Gasteiger partial charge is 0.385 e. The van der Waals surface area contributed by atoms with E-state index in [1.807, 2.05) is 29.6 Å². The summed E-state index contributed by atoms with van der Waals surface area (Å²) in [6.07, 6.45) is 2.17. The fraction of sp³-hybridized carbons (Fsp3) is 0.267. The van der Waals surface area contributed by atoms with Gasteiger partial charge in [0, 0.05) is 27.1 Å². The summed E-state index contributed by atoms with van der Waals surface area (Å²) >= 11 is 5.11. The van der Waals surface area contributed by atoms with Gasteiger partial charge in [-0.2, -0.15) is 0 Å². The van der Waals surface area contributed by atoms with Crippen molar-refractivity contribution in [1.82, 2.24) is 5.32 Å². The highest BCUT2D eigenvalue weighted by Crippen LogP contribution is 2.24. The second-order valence-corrected chi connectivity index (χ2v) is 6.63. The molecule has 1 aliphatic rings. The van der Waals surface area contributed by atoms with E-state index in [1.165, 1.54) is 5.56 Å². The summed E-state index contributed by atoms with van der Waals surface area (Å²) in [5, 5.41) is 8.33. The lowest BCUT2D eigenvalue weighted by Gasteiger charge is -2.18. The quantitative estimate of drug-likeness (QED) is 0.883. The first-order chi connectivity index (χ1) is 9.74. The standard InChI is InChI=1S/C15H15BrN2OS/c16-12-5-7-20-14(12)9-18-15(19)11-3-4-13-10(8-11)2-1-6-17-13/h3-5,7-8,17H,1-2,6,9H2,(H,18,19). The molecule has 0 unspecified atom stereocenters. The molecule has 0 saturated heterocycles. The minimum Gasteiger partial charge on any atom is -0.385 e. The minimum absolute atomic E-state index is 0.0151. The van der Waals surface area contributed by atoms with Gasteiger partial charge in [-0.1, -0.05) is 0 Å². The zero-order valence-corrected chi connectivity index (χ0v) is 13.3. The molecule has 20 heavy (non-hydrogen) atoms. The molecular weight excluding hydrogens is 336 g/mol. The van der Waals surface area contributed by atoms with Crippen LogP contribution in [-0.2, 0) is 13.0 Å². The third-order valence-corrected chi connectivity index (χ3v) is 5.33. The number of thiophene rings is 1. The lowest BCUT2D eigenvalue weighted by Crippen LogP contribution is -2.23. The number of nitrogens with one attached hydrogen (secondary N) is 2. The normalized spacial score (nSPS) is 13.4. The van der Waals surface area contributed by atoms with Gasteiger partial charge in [0.15, 0.2) is 0 Å². The van der Waals surface area contributed by atoms with E-state index in [1.54, 1.807) is 11.3 Å². The number of anilines is 1. The van der Waals surface area contributed by atoms with Gasteiger partial charge in [0.25, 0.3) is 5.91 Å². The Morgan fingerprint density at radius 1 is 1.40 bits per heavy atom. The summed E-state index contributed by atoms with van der Waals surface area (Å²) in [7, 11) is 0. The van der Waals surface area contributed by atoms with Crippen LogP contribution in [0.25, 0.3) is 0 Å². The van der Waals surface area contributed by atoms with Crippen LogP contribution in [-0.4, -0.2) is 12.5 Å². The van der Waals surface area contributed by atoms with E-state index < -0.39 is 0 Å². The molecule has 0 bridgehead atoms. The summed E-state index contributed by atoms with van der Waals surface area (Å²) in [5.41, 5.74) is 3.13. The number of carbonyl (C=O) groups excluding carboxylic acids is 1. The number of hydrogen-bond donors (Lipinski definition) is 2. The molecule has 3 nitrogen and oxygen atoms in total. The highest BCUT2D eigenvalue weighted by molar-refractivity contribution is 9.10. The molecule has 3 rings (SSSR count). The Morgan fingerprint density at radius 3 is 3.10 bits per heavy atom. The molecule has 0 spiro atoms. The zero-order valence-electron chi connectivity index (χ0n) is 10.9. The van der Waals surface area contributed by atoms with Crippen molar-refractivity contribution < 1.29 is 4.79 Å². The van der Waals surface area contributed by atoms with Crippen LogP contribution >= 0.6 is 27.3 Å².